The van der Waals surface area contributed by atoms with Crippen LogP contribution in [-0.2, 0) is 6.54 Å². The van der Waals surface area contributed by atoms with Gasteiger partial charge >= 0.3 is 0 Å². The van der Waals surface area contributed by atoms with E-state index in [2.05, 4.69) is 62.3 Å². The molecule has 1 N–H and O–H groups in total. The van der Waals surface area contributed by atoms with Gasteiger partial charge in [0.15, 0.2) is 5.82 Å². The highest BCUT2D eigenvalue weighted by molar-refractivity contribution is 5.65. The number of anilines is 3. The fourth-order valence-electron chi connectivity index (χ4n) is 5.14. The third-order valence-electron chi connectivity index (χ3n) is 7.15. The van der Waals surface area contributed by atoms with Crippen LogP contribution in [0.25, 0.3) is 11.3 Å². The standard InChI is InChI=1S/C25H33FN8/c1-17-6-4-5-11-34-24(17)20(15-29-34)23-21(26)16-28-25(31-23)30-22-8-7-19(14-27-22)33-12-9-18(10-13-33)32(2)3/h7-8,14-18H,4-6,9-13H2,1-3H3,(H,27,28,30,31)/t17-/m1/s1. The Morgan fingerprint density at radius 2 is 1.82 bits per heavy atom. The average molecular weight is 465 g/mol. The van der Waals surface area contributed by atoms with Crippen LogP contribution >= 0.6 is 0 Å². The lowest BCUT2D eigenvalue weighted by Crippen LogP contribution is -2.42. The lowest BCUT2D eigenvalue weighted by molar-refractivity contribution is 0.249. The third-order valence-corrected chi connectivity index (χ3v) is 7.15. The van der Waals surface area contributed by atoms with Gasteiger partial charge in [0, 0.05) is 31.2 Å². The van der Waals surface area contributed by atoms with Crippen molar-refractivity contribution in [1.29, 1.82) is 0 Å². The van der Waals surface area contributed by atoms with Crippen molar-refractivity contribution < 1.29 is 4.39 Å². The molecule has 0 amide bonds. The molecule has 0 unspecified atom stereocenters. The minimum Gasteiger partial charge on any atom is -0.370 e. The maximum Gasteiger partial charge on any atom is 0.229 e. The van der Waals surface area contributed by atoms with E-state index in [0.29, 0.717) is 23.7 Å². The van der Waals surface area contributed by atoms with Crippen LogP contribution in [0.15, 0.2) is 30.7 Å². The van der Waals surface area contributed by atoms with E-state index < -0.39 is 5.82 Å². The van der Waals surface area contributed by atoms with Crippen molar-refractivity contribution in [2.45, 2.75) is 57.5 Å². The monoisotopic (exact) mass is 464 g/mol. The Hall–Kier alpha value is -3.07. The number of aryl methyl sites for hydroxylation is 1. The van der Waals surface area contributed by atoms with Gasteiger partial charge in [-0.2, -0.15) is 5.10 Å². The molecule has 34 heavy (non-hydrogen) atoms. The summed E-state index contributed by atoms with van der Waals surface area (Å²) in [6.07, 6.45) is 10.4. The zero-order valence-corrected chi connectivity index (χ0v) is 20.2. The van der Waals surface area contributed by atoms with Gasteiger partial charge in [-0.3, -0.25) is 4.68 Å². The van der Waals surface area contributed by atoms with Gasteiger partial charge in [-0.25, -0.2) is 19.3 Å². The summed E-state index contributed by atoms with van der Waals surface area (Å²) in [7, 11) is 4.30. The molecule has 0 radical (unpaired) electrons. The predicted molar refractivity (Wildman–Crippen MR) is 132 cm³/mol. The number of aromatic nitrogens is 5. The first-order valence-electron chi connectivity index (χ1n) is 12.2. The summed E-state index contributed by atoms with van der Waals surface area (Å²) in [6, 6.07) is 4.63. The van der Waals surface area contributed by atoms with Crippen molar-refractivity contribution in [1.82, 2.24) is 29.6 Å². The first kappa shape index (κ1) is 22.7. The molecule has 1 atom stereocenters. The number of halogens is 1. The van der Waals surface area contributed by atoms with Crippen molar-refractivity contribution >= 4 is 17.5 Å². The Kier molecular flexibility index (Phi) is 6.45. The lowest BCUT2D eigenvalue weighted by Gasteiger charge is -2.36. The molecule has 0 saturated carbocycles. The van der Waals surface area contributed by atoms with Crippen molar-refractivity contribution in [3.8, 4) is 11.3 Å². The molecule has 5 rings (SSSR count). The molecule has 0 aliphatic carbocycles. The van der Waals surface area contributed by atoms with Gasteiger partial charge in [-0.15, -0.1) is 0 Å². The first-order chi connectivity index (χ1) is 16.5. The van der Waals surface area contributed by atoms with Crippen LogP contribution in [0.5, 0.6) is 0 Å². The van der Waals surface area contributed by atoms with Gasteiger partial charge in [0.05, 0.1) is 30.0 Å². The van der Waals surface area contributed by atoms with E-state index in [1.807, 2.05) is 16.9 Å². The van der Waals surface area contributed by atoms with Crippen molar-refractivity contribution in [3.05, 3.63) is 42.2 Å². The zero-order chi connectivity index (χ0) is 23.7. The molecule has 0 bridgehead atoms. The Morgan fingerprint density at radius 1 is 1.00 bits per heavy atom. The quantitative estimate of drug-likeness (QED) is 0.598. The van der Waals surface area contributed by atoms with E-state index in [0.717, 1.165) is 68.7 Å². The molecule has 1 saturated heterocycles. The van der Waals surface area contributed by atoms with Crippen LogP contribution in [0.4, 0.5) is 21.8 Å². The number of rotatable bonds is 5. The fraction of sp³-hybridized carbons (Fsp3) is 0.520. The molecule has 3 aromatic heterocycles. The molecule has 0 spiro atoms. The van der Waals surface area contributed by atoms with Gasteiger partial charge < -0.3 is 15.1 Å². The van der Waals surface area contributed by atoms with Gasteiger partial charge in [-0.05, 0) is 57.8 Å². The van der Waals surface area contributed by atoms with E-state index >= 15 is 0 Å². The summed E-state index contributed by atoms with van der Waals surface area (Å²) in [6.45, 7) is 5.09. The highest BCUT2D eigenvalue weighted by atomic mass is 19.1. The number of fused-ring (bicyclic) bond motifs is 1. The van der Waals surface area contributed by atoms with E-state index in [1.165, 1.54) is 6.20 Å². The molecule has 1 fully saturated rings. The highest BCUT2D eigenvalue weighted by Crippen LogP contribution is 2.35. The first-order valence-corrected chi connectivity index (χ1v) is 12.2. The number of pyridine rings is 1. The molecule has 2 aliphatic heterocycles. The topological polar surface area (TPSA) is 75.0 Å². The van der Waals surface area contributed by atoms with E-state index in [-0.39, 0.29) is 5.69 Å². The summed E-state index contributed by atoms with van der Waals surface area (Å²) in [5, 5.41) is 7.65. The SMILES string of the molecule is C[C@@H]1CCCCn2ncc(-c3nc(Nc4ccc(N5CCC(N(C)C)CC5)cn4)ncc3F)c21. The third kappa shape index (κ3) is 4.61. The van der Waals surface area contributed by atoms with Crippen LogP contribution in [0.2, 0.25) is 0 Å². The average Bonchev–Trinajstić information content (AvgIpc) is 3.18. The van der Waals surface area contributed by atoms with Crippen LogP contribution < -0.4 is 10.2 Å². The highest BCUT2D eigenvalue weighted by Gasteiger charge is 2.24. The predicted octanol–water partition coefficient (Wildman–Crippen LogP) is 4.44. The number of nitrogens with one attached hydrogen (secondary N) is 1. The minimum absolute atomic E-state index is 0.285. The summed E-state index contributed by atoms with van der Waals surface area (Å²) in [5.74, 6) is 0.821. The number of piperidine rings is 1. The molecule has 2 aliphatic rings. The smallest absolute Gasteiger partial charge is 0.229 e. The van der Waals surface area contributed by atoms with Gasteiger partial charge in [0.1, 0.15) is 11.5 Å². The van der Waals surface area contributed by atoms with E-state index in [1.54, 1.807) is 6.20 Å². The Morgan fingerprint density at radius 3 is 2.56 bits per heavy atom. The maximum absolute atomic E-state index is 14.8. The van der Waals surface area contributed by atoms with Crippen LogP contribution in [-0.4, -0.2) is 62.9 Å². The second-order valence-electron chi connectivity index (χ2n) is 9.66. The number of nitrogens with zero attached hydrogens (tertiary/aromatic N) is 7. The van der Waals surface area contributed by atoms with Gasteiger partial charge in [0.25, 0.3) is 0 Å². The van der Waals surface area contributed by atoms with Crippen LogP contribution in [0, 0.1) is 5.82 Å². The molecule has 0 aromatic carbocycles. The zero-order valence-electron chi connectivity index (χ0n) is 20.2. The Balaban J connectivity index is 1.32. The van der Waals surface area contributed by atoms with Gasteiger partial charge in [0.2, 0.25) is 5.95 Å². The Bertz CT molecular complexity index is 1120. The van der Waals surface area contributed by atoms with E-state index in [4.69, 9.17) is 0 Å². The second-order valence-corrected chi connectivity index (χ2v) is 9.66. The molecular formula is C25H33FN8. The molecule has 3 aromatic rings. The fourth-order valence-corrected chi connectivity index (χ4v) is 5.14. The Labute approximate surface area is 200 Å². The number of hydrogen-bond donors (Lipinski definition) is 1. The van der Waals surface area contributed by atoms with Crippen LogP contribution in [0.3, 0.4) is 0 Å². The molecule has 180 valence electrons. The van der Waals surface area contributed by atoms with E-state index in [9.17, 15) is 4.39 Å². The largest absolute Gasteiger partial charge is 0.370 e. The van der Waals surface area contributed by atoms with Crippen molar-refractivity contribution in [3.63, 3.8) is 0 Å². The normalized spacial score (nSPS) is 19.2. The summed E-state index contributed by atoms with van der Waals surface area (Å²) < 4.78 is 16.8. The summed E-state index contributed by atoms with van der Waals surface area (Å²) in [5.41, 5.74) is 3.20. The second kappa shape index (κ2) is 9.66. The minimum atomic E-state index is -0.442. The van der Waals surface area contributed by atoms with Crippen LogP contribution in [0.1, 0.15) is 50.6 Å². The van der Waals surface area contributed by atoms with Crippen molar-refractivity contribution in [2.24, 2.45) is 0 Å². The molecule has 8 nitrogen and oxygen atoms in total. The maximum atomic E-state index is 14.8. The molecule has 9 heteroatoms. The summed E-state index contributed by atoms with van der Waals surface area (Å²) in [4.78, 5) is 17.9. The summed E-state index contributed by atoms with van der Waals surface area (Å²) >= 11 is 0. The van der Waals surface area contributed by atoms with Gasteiger partial charge in [-0.1, -0.05) is 13.3 Å². The lowest BCUT2D eigenvalue weighted by atomic mass is 9.97. The van der Waals surface area contributed by atoms with Crippen molar-refractivity contribution in [2.75, 3.05) is 37.4 Å². The molecule has 5 heterocycles. The molecular weight excluding hydrogens is 431 g/mol. The number of hydrogen-bond acceptors (Lipinski definition) is 7.